The highest BCUT2D eigenvalue weighted by atomic mass is 31.1. The number of azide groups is 1. The highest BCUT2D eigenvalue weighted by Gasteiger charge is 2.36. The molecule has 0 saturated carbocycles. The maximum atomic E-state index is 12.3. The number of aryl methyl sites for hydroxylation is 1. The SMILES string of the molecule is CCC(C)[P+](=O)OC(C)(C)CCOC([C@H](O)CO)n1c(N=[N+]=[N-])nc2c(C)ncnc21. The lowest BCUT2D eigenvalue weighted by atomic mass is 10.1. The fraction of sp³-hybridized carbons (Fsp3) is 0.722. The smallest absolute Gasteiger partial charge is 0.394 e. The Morgan fingerprint density at radius 1 is 1.42 bits per heavy atom. The summed E-state index contributed by atoms with van der Waals surface area (Å²) in [4.78, 5) is 15.3. The molecule has 0 bridgehead atoms. The van der Waals surface area contributed by atoms with Gasteiger partial charge in [-0.1, -0.05) is 6.92 Å². The predicted molar refractivity (Wildman–Crippen MR) is 114 cm³/mol. The Morgan fingerprint density at radius 2 is 2.13 bits per heavy atom. The number of hydrogen-bond acceptors (Lipinski definition) is 9. The molecule has 170 valence electrons. The zero-order valence-corrected chi connectivity index (χ0v) is 19.2. The van der Waals surface area contributed by atoms with Crippen molar-refractivity contribution in [3.8, 4) is 0 Å². The molecule has 0 aromatic carbocycles. The van der Waals surface area contributed by atoms with Crippen LogP contribution in [0.15, 0.2) is 11.4 Å². The van der Waals surface area contributed by atoms with Gasteiger partial charge >= 0.3 is 8.03 Å². The van der Waals surface area contributed by atoms with E-state index in [0.29, 0.717) is 23.3 Å². The van der Waals surface area contributed by atoms with Crippen LogP contribution >= 0.6 is 8.03 Å². The van der Waals surface area contributed by atoms with Gasteiger partial charge < -0.3 is 14.9 Å². The largest absolute Gasteiger partial charge is 0.511 e. The average Bonchev–Trinajstić information content (AvgIpc) is 3.09. The summed E-state index contributed by atoms with van der Waals surface area (Å²) in [7, 11) is -1.83. The van der Waals surface area contributed by atoms with E-state index in [9.17, 15) is 14.8 Å². The number of rotatable bonds is 12. The molecule has 31 heavy (non-hydrogen) atoms. The molecule has 2 aromatic rings. The minimum Gasteiger partial charge on any atom is -0.394 e. The molecule has 2 rings (SSSR count). The van der Waals surface area contributed by atoms with Gasteiger partial charge in [-0.25, -0.2) is 15.0 Å². The van der Waals surface area contributed by atoms with Gasteiger partial charge in [-0.15, -0.1) is 4.52 Å². The number of nitrogens with zero attached hydrogens (tertiary/aromatic N) is 7. The first-order valence-corrected chi connectivity index (χ1v) is 11.2. The molecule has 13 heteroatoms. The summed E-state index contributed by atoms with van der Waals surface area (Å²) in [6, 6.07) is 0. The van der Waals surface area contributed by atoms with E-state index in [1.54, 1.807) is 20.8 Å². The number of ether oxygens (including phenoxy) is 1. The van der Waals surface area contributed by atoms with Crippen LogP contribution in [0, 0.1) is 6.92 Å². The van der Waals surface area contributed by atoms with Crippen LogP contribution in [0.4, 0.5) is 5.95 Å². The van der Waals surface area contributed by atoms with Gasteiger partial charge in [0, 0.05) is 11.3 Å². The summed E-state index contributed by atoms with van der Waals surface area (Å²) in [6.07, 6.45) is -0.0639. The number of aliphatic hydroxyl groups is 2. The summed E-state index contributed by atoms with van der Waals surface area (Å²) in [6.45, 7) is 8.63. The van der Waals surface area contributed by atoms with Gasteiger partial charge in [-0.3, -0.25) is 4.57 Å². The molecule has 0 fully saturated rings. The predicted octanol–water partition coefficient (Wildman–Crippen LogP) is 3.67. The Morgan fingerprint density at radius 3 is 2.74 bits per heavy atom. The lowest BCUT2D eigenvalue weighted by Gasteiger charge is -2.26. The summed E-state index contributed by atoms with van der Waals surface area (Å²) in [5, 5.41) is 23.5. The fourth-order valence-electron chi connectivity index (χ4n) is 2.76. The van der Waals surface area contributed by atoms with Gasteiger partial charge in [0.1, 0.15) is 23.5 Å². The van der Waals surface area contributed by atoms with Crippen LogP contribution in [-0.2, 0) is 13.8 Å². The topological polar surface area (TPSA) is 168 Å². The Balaban J connectivity index is 2.28. The van der Waals surface area contributed by atoms with Crippen molar-refractivity contribution in [1.82, 2.24) is 19.5 Å². The zero-order chi connectivity index (χ0) is 23.2. The minimum atomic E-state index is -1.83. The zero-order valence-electron chi connectivity index (χ0n) is 18.3. The quantitative estimate of drug-likeness (QED) is 0.212. The van der Waals surface area contributed by atoms with Crippen molar-refractivity contribution in [3.63, 3.8) is 0 Å². The first kappa shape index (κ1) is 25.1. The highest BCUT2D eigenvalue weighted by Crippen LogP contribution is 2.38. The molecule has 4 atom stereocenters. The first-order chi connectivity index (χ1) is 14.6. The van der Waals surface area contributed by atoms with Crippen LogP contribution in [0.5, 0.6) is 0 Å². The first-order valence-electron chi connectivity index (χ1n) is 9.95. The average molecular weight is 454 g/mol. The van der Waals surface area contributed by atoms with Gasteiger partial charge in [0.25, 0.3) is 0 Å². The van der Waals surface area contributed by atoms with E-state index in [0.717, 1.165) is 6.42 Å². The van der Waals surface area contributed by atoms with Gasteiger partial charge in [-0.2, -0.15) is 0 Å². The molecule has 0 aliphatic heterocycles. The Hall–Kier alpha value is -2.20. The van der Waals surface area contributed by atoms with Gasteiger partial charge in [0.15, 0.2) is 17.5 Å². The molecule has 0 spiro atoms. The lowest BCUT2D eigenvalue weighted by Crippen LogP contribution is -2.32. The molecule has 3 unspecified atom stereocenters. The van der Waals surface area contributed by atoms with Crippen molar-refractivity contribution in [2.24, 2.45) is 5.11 Å². The molecule has 0 aliphatic rings. The fourth-order valence-corrected chi connectivity index (χ4v) is 3.81. The van der Waals surface area contributed by atoms with Crippen LogP contribution in [0.1, 0.15) is 52.5 Å². The molecular formula is C18H29N7O5P+. The van der Waals surface area contributed by atoms with E-state index in [1.807, 2.05) is 13.8 Å². The second-order valence-corrected chi connectivity index (χ2v) is 9.39. The molecule has 0 amide bonds. The van der Waals surface area contributed by atoms with Crippen LogP contribution in [-0.4, -0.2) is 60.3 Å². The maximum Gasteiger partial charge on any atom is 0.511 e. The van der Waals surface area contributed by atoms with Crippen LogP contribution in [0.3, 0.4) is 0 Å². The molecule has 2 heterocycles. The third-order valence-electron chi connectivity index (χ3n) is 4.83. The standard InChI is InChI=1S/C18H29N7O5P/c1-6-11(2)31(28)30-18(4,5)7-8-29-16(13(27)9-26)25-15-14(12(3)20-10-21-15)22-17(25)23-24-19/h10-11,13,16,26-27H,6-9H2,1-5H3/q+1/t11?,13-,16?/m1/s1. The monoisotopic (exact) mass is 454 g/mol. The van der Waals surface area contributed by atoms with E-state index in [2.05, 4.69) is 25.0 Å². The lowest BCUT2D eigenvalue weighted by molar-refractivity contribution is -0.103. The molecular weight excluding hydrogens is 425 g/mol. The molecule has 0 saturated heterocycles. The second kappa shape index (κ2) is 10.9. The molecule has 2 aromatic heterocycles. The summed E-state index contributed by atoms with van der Waals surface area (Å²) >= 11 is 0. The minimum absolute atomic E-state index is 0.0641. The van der Waals surface area contributed by atoms with Crippen LogP contribution < -0.4 is 0 Å². The van der Waals surface area contributed by atoms with Crippen molar-refractivity contribution in [3.05, 3.63) is 22.5 Å². The Kier molecular flexibility index (Phi) is 8.81. The molecule has 2 N–H and O–H groups in total. The maximum absolute atomic E-state index is 12.3. The van der Waals surface area contributed by atoms with E-state index in [1.165, 1.54) is 10.9 Å². The van der Waals surface area contributed by atoms with E-state index < -0.39 is 32.6 Å². The van der Waals surface area contributed by atoms with Crippen molar-refractivity contribution in [2.45, 2.75) is 71.1 Å². The van der Waals surface area contributed by atoms with Crippen LogP contribution in [0.2, 0.25) is 0 Å². The van der Waals surface area contributed by atoms with Gasteiger partial charge in [0.2, 0.25) is 5.95 Å². The van der Waals surface area contributed by atoms with Crippen molar-refractivity contribution < 1.29 is 24.0 Å². The number of hydrogen-bond donors (Lipinski definition) is 2. The molecule has 0 radical (unpaired) electrons. The number of aliphatic hydroxyl groups excluding tert-OH is 2. The normalized spacial score (nSPS) is 15.4. The third kappa shape index (κ3) is 6.16. The number of fused-ring (bicyclic) bond motifs is 1. The number of aromatic nitrogens is 4. The number of imidazole rings is 1. The molecule has 12 nitrogen and oxygen atoms in total. The van der Waals surface area contributed by atoms with E-state index in [-0.39, 0.29) is 18.2 Å². The third-order valence-corrected chi connectivity index (χ3v) is 6.59. The van der Waals surface area contributed by atoms with Gasteiger partial charge in [-0.05, 0) is 49.3 Å². The Labute approximate surface area is 181 Å². The van der Waals surface area contributed by atoms with Crippen molar-refractivity contribution >= 4 is 25.1 Å². The van der Waals surface area contributed by atoms with Crippen molar-refractivity contribution in [2.75, 3.05) is 13.2 Å². The highest BCUT2D eigenvalue weighted by molar-refractivity contribution is 7.40. The van der Waals surface area contributed by atoms with E-state index in [4.69, 9.17) is 14.8 Å². The Bertz CT molecular complexity index is 960. The van der Waals surface area contributed by atoms with E-state index >= 15 is 0 Å². The molecule has 0 aliphatic carbocycles. The summed E-state index contributed by atoms with van der Waals surface area (Å²) in [5.74, 6) is -0.0750. The van der Waals surface area contributed by atoms with Crippen molar-refractivity contribution in [1.29, 1.82) is 0 Å². The summed E-state index contributed by atoms with van der Waals surface area (Å²) < 4.78 is 25.2. The second-order valence-electron chi connectivity index (χ2n) is 7.76. The van der Waals surface area contributed by atoms with Crippen LogP contribution in [0.25, 0.3) is 21.6 Å². The van der Waals surface area contributed by atoms with Gasteiger partial charge in [0.05, 0.1) is 18.9 Å². The summed E-state index contributed by atoms with van der Waals surface area (Å²) in [5.41, 5.74) is 9.35.